The fourth-order valence-corrected chi connectivity index (χ4v) is 4.00. The van der Waals surface area contributed by atoms with Crippen molar-refractivity contribution in [3.05, 3.63) is 59.1 Å². The molecular formula is C20H15N3O2S2. The summed E-state index contributed by atoms with van der Waals surface area (Å²) in [6.45, 7) is 0. The van der Waals surface area contributed by atoms with E-state index in [4.69, 9.17) is 22.7 Å². The summed E-state index contributed by atoms with van der Waals surface area (Å²) in [5.74, 6) is 0.562. The van der Waals surface area contributed by atoms with E-state index in [1.54, 1.807) is 19.4 Å². The minimum Gasteiger partial charge on any atom is -0.496 e. The monoisotopic (exact) mass is 393 g/mol. The number of amides is 1. The van der Waals surface area contributed by atoms with Gasteiger partial charge >= 0.3 is 0 Å². The second-order valence-electron chi connectivity index (χ2n) is 5.94. The Morgan fingerprint density at radius 2 is 2.07 bits per heavy atom. The van der Waals surface area contributed by atoms with Gasteiger partial charge in [0.05, 0.1) is 17.5 Å². The molecule has 1 aliphatic heterocycles. The minimum atomic E-state index is -0.173. The molecule has 1 amide bonds. The summed E-state index contributed by atoms with van der Waals surface area (Å²) < 4.78 is 6.00. The molecule has 1 fully saturated rings. The third-order valence-corrected chi connectivity index (χ3v) is 5.41. The number of hydrogen-bond acceptors (Lipinski definition) is 6. The number of nitrogen functional groups attached to an aromatic ring is 1. The molecule has 134 valence electrons. The first-order chi connectivity index (χ1) is 13.0. The van der Waals surface area contributed by atoms with Crippen LogP contribution in [0.1, 0.15) is 5.56 Å². The molecule has 3 aromatic rings. The molecule has 0 saturated carbocycles. The Hall–Kier alpha value is -2.90. The van der Waals surface area contributed by atoms with Crippen LogP contribution in [-0.4, -0.2) is 22.3 Å². The van der Waals surface area contributed by atoms with Gasteiger partial charge in [-0.05, 0) is 41.5 Å². The topological polar surface area (TPSA) is 77.2 Å². The first-order valence-corrected chi connectivity index (χ1v) is 9.35. The third kappa shape index (κ3) is 3.39. The summed E-state index contributed by atoms with van der Waals surface area (Å²) in [7, 11) is 1.63. The number of pyridine rings is 1. The number of anilines is 1. The zero-order chi connectivity index (χ0) is 19.0. The van der Waals surface area contributed by atoms with E-state index < -0.39 is 0 Å². The van der Waals surface area contributed by atoms with Crippen LogP contribution in [0.2, 0.25) is 0 Å². The molecule has 0 bridgehead atoms. The fraction of sp³-hybridized carbons (Fsp3) is 0.0500. The fourth-order valence-electron chi connectivity index (χ4n) is 2.95. The summed E-state index contributed by atoms with van der Waals surface area (Å²) in [6, 6.07) is 13.5. The summed E-state index contributed by atoms with van der Waals surface area (Å²) in [5.41, 5.74) is 10.3. The van der Waals surface area contributed by atoms with Gasteiger partial charge < -0.3 is 15.8 Å². The van der Waals surface area contributed by atoms with Crippen LogP contribution >= 0.6 is 24.0 Å². The van der Waals surface area contributed by atoms with Gasteiger partial charge in [-0.25, -0.2) is 0 Å². The van der Waals surface area contributed by atoms with Crippen molar-refractivity contribution < 1.29 is 9.53 Å². The van der Waals surface area contributed by atoms with Gasteiger partial charge in [0.25, 0.3) is 5.91 Å². The Kier molecular flexibility index (Phi) is 4.55. The van der Waals surface area contributed by atoms with E-state index in [2.05, 4.69) is 10.3 Å². The zero-order valence-electron chi connectivity index (χ0n) is 14.4. The number of fused-ring (bicyclic) bond motifs is 1. The zero-order valence-corrected chi connectivity index (χ0v) is 16.0. The van der Waals surface area contributed by atoms with Gasteiger partial charge in [0.1, 0.15) is 10.1 Å². The van der Waals surface area contributed by atoms with E-state index >= 15 is 0 Å². The number of rotatable bonds is 3. The molecule has 1 aliphatic rings. The molecular weight excluding hydrogens is 378 g/mol. The van der Waals surface area contributed by atoms with Crippen LogP contribution in [0.25, 0.3) is 28.1 Å². The number of thioether (sulfide) groups is 1. The van der Waals surface area contributed by atoms with Crippen molar-refractivity contribution in [1.29, 1.82) is 0 Å². The van der Waals surface area contributed by atoms with Gasteiger partial charge in [0.15, 0.2) is 0 Å². The van der Waals surface area contributed by atoms with Crippen LogP contribution in [-0.2, 0) is 4.79 Å². The quantitative estimate of drug-likeness (QED) is 0.518. The number of ether oxygens (including phenoxy) is 1. The van der Waals surface area contributed by atoms with Crippen molar-refractivity contribution in [2.75, 3.05) is 12.8 Å². The van der Waals surface area contributed by atoms with Crippen LogP contribution in [0.3, 0.4) is 0 Å². The lowest BCUT2D eigenvalue weighted by Gasteiger charge is -2.11. The summed E-state index contributed by atoms with van der Waals surface area (Å²) in [4.78, 5) is 16.9. The Labute approximate surface area is 165 Å². The maximum absolute atomic E-state index is 11.9. The van der Waals surface area contributed by atoms with E-state index in [1.165, 1.54) is 11.8 Å². The lowest BCUT2D eigenvalue weighted by Crippen LogP contribution is -2.17. The van der Waals surface area contributed by atoms with Gasteiger partial charge in [0.2, 0.25) is 0 Å². The number of carbonyl (C=O) groups is 1. The molecule has 27 heavy (non-hydrogen) atoms. The van der Waals surface area contributed by atoms with E-state index in [9.17, 15) is 4.79 Å². The average Bonchev–Trinajstić information content (AvgIpc) is 2.98. The Morgan fingerprint density at radius 1 is 1.22 bits per heavy atom. The minimum absolute atomic E-state index is 0.173. The number of nitrogens with one attached hydrogen (secondary N) is 1. The lowest BCUT2D eigenvalue weighted by molar-refractivity contribution is -0.115. The average molecular weight is 393 g/mol. The third-order valence-electron chi connectivity index (χ3n) is 4.25. The number of benzene rings is 2. The Balaban J connectivity index is 1.81. The molecule has 0 aliphatic carbocycles. The van der Waals surface area contributed by atoms with Crippen molar-refractivity contribution in [3.8, 4) is 16.9 Å². The number of carbonyl (C=O) groups excluding carboxylic acids is 1. The lowest BCUT2D eigenvalue weighted by atomic mass is 9.99. The first kappa shape index (κ1) is 17.5. The number of methoxy groups -OCH3 is 1. The number of hydrogen-bond donors (Lipinski definition) is 2. The maximum Gasteiger partial charge on any atom is 0.263 e. The number of aromatic nitrogens is 1. The number of nitrogens with zero attached hydrogens (tertiary/aromatic N) is 1. The molecule has 3 N–H and O–H groups in total. The van der Waals surface area contributed by atoms with Crippen LogP contribution in [0.15, 0.2) is 53.6 Å². The number of nitrogens with two attached hydrogens (primary N) is 1. The molecule has 5 nitrogen and oxygen atoms in total. The van der Waals surface area contributed by atoms with Crippen LogP contribution in [0.5, 0.6) is 5.75 Å². The molecule has 2 heterocycles. The van der Waals surface area contributed by atoms with Crippen molar-refractivity contribution in [2.45, 2.75) is 0 Å². The van der Waals surface area contributed by atoms with Crippen molar-refractivity contribution in [3.63, 3.8) is 0 Å². The van der Waals surface area contributed by atoms with Gasteiger partial charge in [-0.1, -0.05) is 42.2 Å². The van der Waals surface area contributed by atoms with E-state index in [0.717, 1.165) is 33.3 Å². The molecule has 4 rings (SSSR count). The standard InChI is InChI=1S/C20H15N3O2S2/c1-25-17-5-2-11(9-18-19(24)23-20(26)27-18)8-14(17)12-3-4-13-15(21)6-7-22-16(13)10-12/h2-10H,1H3,(H2,21,22)(H,23,24,26). The van der Waals surface area contributed by atoms with Crippen LogP contribution < -0.4 is 15.8 Å². The first-order valence-electron chi connectivity index (χ1n) is 8.12. The van der Waals surface area contributed by atoms with Gasteiger partial charge in [-0.15, -0.1) is 0 Å². The molecule has 0 unspecified atom stereocenters. The maximum atomic E-state index is 11.9. The van der Waals surface area contributed by atoms with Gasteiger partial charge in [-0.2, -0.15) is 0 Å². The molecule has 7 heteroatoms. The highest BCUT2D eigenvalue weighted by molar-refractivity contribution is 8.26. The van der Waals surface area contributed by atoms with Crippen molar-refractivity contribution in [1.82, 2.24) is 10.3 Å². The molecule has 2 aromatic carbocycles. The highest BCUT2D eigenvalue weighted by Crippen LogP contribution is 2.35. The molecule has 1 saturated heterocycles. The van der Waals surface area contributed by atoms with E-state index in [0.29, 0.717) is 14.9 Å². The van der Waals surface area contributed by atoms with Crippen molar-refractivity contribution in [2.24, 2.45) is 0 Å². The summed E-state index contributed by atoms with van der Waals surface area (Å²) in [6.07, 6.45) is 3.51. The smallest absolute Gasteiger partial charge is 0.263 e. The van der Waals surface area contributed by atoms with E-state index in [1.807, 2.05) is 42.5 Å². The predicted molar refractivity (Wildman–Crippen MR) is 114 cm³/mol. The van der Waals surface area contributed by atoms with E-state index in [-0.39, 0.29) is 5.91 Å². The highest BCUT2D eigenvalue weighted by Gasteiger charge is 2.22. The van der Waals surface area contributed by atoms with Gasteiger partial charge in [-0.3, -0.25) is 9.78 Å². The molecule has 0 radical (unpaired) electrons. The van der Waals surface area contributed by atoms with Crippen LogP contribution in [0.4, 0.5) is 5.69 Å². The normalized spacial score (nSPS) is 15.4. The molecule has 0 spiro atoms. The van der Waals surface area contributed by atoms with Crippen molar-refractivity contribution >= 4 is 56.9 Å². The highest BCUT2D eigenvalue weighted by atomic mass is 32.2. The summed E-state index contributed by atoms with van der Waals surface area (Å²) >= 11 is 6.30. The van der Waals surface area contributed by atoms with Crippen LogP contribution in [0, 0.1) is 0 Å². The second kappa shape index (κ2) is 7.02. The summed E-state index contributed by atoms with van der Waals surface area (Å²) in [5, 5.41) is 3.53. The molecule has 0 atom stereocenters. The Bertz CT molecular complexity index is 1130. The van der Waals surface area contributed by atoms with Gasteiger partial charge in [0, 0.05) is 22.8 Å². The SMILES string of the molecule is COc1ccc(C=C2SC(=S)NC2=O)cc1-c1ccc2c(N)ccnc2c1. The second-order valence-corrected chi connectivity index (χ2v) is 7.66. The number of thiocarbonyl (C=S) groups is 1. The molecule has 1 aromatic heterocycles. The largest absolute Gasteiger partial charge is 0.496 e. The predicted octanol–water partition coefficient (Wildman–Crippen LogP) is 3.98. The Morgan fingerprint density at radius 3 is 2.81 bits per heavy atom.